The minimum atomic E-state index is -0.447. The van der Waals surface area contributed by atoms with Gasteiger partial charge in [0, 0.05) is 29.1 Å². The van der Waals surface area contributed by atoms with Crippen LogP contribution in [-0.2, 0) is 14.3 Å². The Bertz CT molecular complexity index is 851. The maximum absolute atomic E-state index is 11.9. The van der Waals surface area contributed by atoms with Crippen LogP contribution in [0.25, 0.3) is 6.08 Å². The summed E-state index contributed by atoms with van der Waals surface area (Å²) in [5.74, 6) is -0.00662. The Hall–Kier alpha value is -2.73. The molecule has 6 heteroatoms. The highest BCUT2D eigenvalue weighted by atomic mass is 32.1. The van der Waals surface area contributed by atoms with E-state index < -0.39 is 5.97 Å². The van der Waals surface area contributed by atoms with Crippen molar-refractivity contribution in [1.29, 1.82) is 0 Å². The number of ether oxygens (including phenoxy) is 1. The van der Waals surface area contributed by atoms with E-state index >= 15 is 0 Å². The van der Waals surface area contributed by atoms with E-state index in [4.69, 9.17) is 4.74 Å². The van der Waals surface area contributed by atoms with Crippen molar-refractivity contribution >= 4 is 40.9 Å². The van der Waals surface area contributed by atoms with Crippen LogP contribution in [0.3, 0.4) is 0 Å². The Labute approximate surface area is 142 Å². The molecule has 1 saturated heterocycles. The van der Waals surface area contributed by atoms with E-state index in [0.29, 0.717) is 23.6 Å². The monoisotopic (exact) mass is 338 g/mol. The Morgan fingerprint density at radius 3 is 2.67 bits per heavy atom. The normalized spacial score (nSPS) is 19.1. The number of anilines is 1. The maximum atomic E-state index is 11.9. The molecule has 0 saturated carbocycles. The predicted molar refractivity (Wildman–Crippen MR) is 93.0 cm³/mol. The topological polar surface area (TPSA) is 59.0 Å². The minimum Gasteiger partial charge on any atom is -0.402 e. The summed E-state index contributed by atoms with van der Waals surface area (Å²) in [5.41, 5.74) is 1.88. The molecule has 2 aliphatic heterocycles. The van der Waals surface area contributed by atoms with Crippen LogP contribution in [-0.4, -0.2) is 24.3 Å². The molecule has 4 rings (SSSR count). The molecule has 1 amide bonds. The number of nitrogens with zero attached hydrogens (tertiary/aromatic N) is 2. The van der Waals surface area contributed by atoms with Gasteiger partial charge in [-0.15, -0.1) is 11.3 Å². The van der Waals surface area contributed by atoms with Crippen LogP contribution in [0.1, 0.15) is 23.3 Å². The average Bonchev–Trinajstić information content (AvgIpc) is 3.31. The Kier molecular flexibility index (Phi) is 3.74. The van der Waals surface area contributed by atoms with Gasteiger partial charge in [-0.1, -0.05) is 6.07 Å². The molecule has 24 heavy (non-hydrogen) atoms. The van der Waals surface area contributed by atoms with Gasteiger partial charge in [0.1, 0.15) is 0 Å². The molecule has 0 N–H and O–H groups in total. The van der Waals surface area contributed by atoms with Gasteiger partial charge in [-0.05, 0) is 48.2 Å². The van der Waals surface area contributed by atoms with Crippen LogP contribution in [0.2, 0.25) is 0 Å². The van der Waals surface area contributed by atoms with Crippen LogP contribution < -0.4 is 4.90 Å². The molecule has 0 aliphatic carbocycles. The quantitative estimate of drug-likeness (QED) is 0.638. The smallest absolute Gasteiger partial charge is 0.363 e. The van der Waals surface area contributed by atoms with Gasteiger partial charge in [-0.25, -0.2) is 9.79 Å². The molecule has 1 aromatic heterocycles. The summed E-state index contributed by atoms with van der Waals surface area (Å²) in [7, 11) is 0. The number of amides is 1. The molecule has 1 fully saturated rings. The molecule has 120 valence electrons. The molecule has 0 bridgehead atoms. The molecular weight excluding hydrogens is 324 g/mol. The van der Waals surface area contributed by atoms with Crippen molar-refractivity contribution in [2.24, 2.45) is 4.99 Å². The number of cyclic esters (lactones) is 1. The Balaban J connectivity index is 1.58. The number of carbonyl (C=O) groups is 2. The van der Waals surface area contributed by atoms with Crippen LogP contribution in [0.15, 0.2) is 52.5 Å². The van der Waals surface area contributed by atoms with Crippen LogP contribution >= 0.6 is 11.3 Å². The van der Waals surface area contributed by atoms with Gasteiger partial charge in [0.2, 0.25) is 11.8 Å². The molecule has 2 aromatic rings. The molecule has 1 aromatic carbocycles. The van der Waals surface area contributed by atoms with Crippen molar-refractivity contribution in [3.8, 4) is 0 Å². The van der Waals surface area contributed by atoms with E-state index in [9.17, 15) is 9.59 Å². The van der Waals surface area contributed by atoms with Crippen molar-refractivity contribution in [1.82, 2.24) is 0 Å². The molecule has 0 radical (unpaired) electrons. The number of benzene rings is 1. The summed E-state index contributed by atoms with van der Waals surface area (Å²) >= 11 is 1.53. The van der Waals surface area contributed by atoms with Crippen molar-refractivity contribution in [3.63, 3.8) is 0 Å². The number of carbonyl (C=O) groups excluding carboxylic acids is 2. The minimum absolute atomic E-state index is 0.147. The summed E-state index contributed by atoms with van der Waals surface area (Å²) in [4.78, 5) is 30.7. The van der Waals surface area contributed by atoms with Crippen molar-refractivity contribution in [2.75, 3.05) is 11.4 Å². The Morgan fingerprint density at radius 2 is 2.00 bits per heavy atom. The highest BCUT2D eigenvalue weighted by molar-refractivity contribution is 7.10. The SMILES string of the molecule is O=C1OC(c2ccc(N3CCCC3=O)cc2)=N/C1=C\c1cccs1. The van der Waals surface area contributed by atoms with Gasteiger partial charge in [-0.3, -0.25) is 4.79 Å². The second kappa shape index (κ2) is 6.05. The van der Waals surface area contributed by atoms with E-state index in [0.717, 1.165) is 23.5 Å². The molecule has 0 spiro atoms. The standard InChI is InChI=1S/C18H14N2O3S/c21-16-4-1-9-20(16)13-7-5-12(6-8-13)17-19-15(18(22)23-17)11-14-3-2-10-24-14/h2-3,5-8,10-11H,1,4,9H2/b15-11-. The predicted octanol–water partition coefficient (Wildman–Crippen LogP) is 3.22. The molecule has 2 aliphatic rings. The van der Waals surface area contributed by atoms with E-state index in [1.54, 1.807) is 11.0 Å². The highest BCUT2D eigenvalue weighted by Gasteiger charge is 2.25. The number of hydrogen-bond donors (Lipinski definition) is 0. The zero-order chi connectivity index (χ0) is 16.5. The first-order chi connectivity index (χ1) is 11.7. The van der Waals surface area contributed by atoms with E-state index in [-0.39, 0.29) is 5.91 Å². The highest BCUT2D eigenvalue weighted by Crippen LogP contribution is 2.24. The zero-order valence-electron chi connectivity index (χ0n) is 12.8. The zero-order valence-corrected chi connectivity index (χ0v) is 13.6. The fourth-order valence-electron chi connectivity index (χ4n) is 2.75. The lowest BCUT2D eigenvalue weighted by molar-refractivity contribution is -0.130. The van der Waals surface area contributed by atoms with Gasteiger partial charge in [0.15, 0.2) is 5.70 Å². The number of aliphatic imine (C=N–C) groups is 1. The van der Waals surface area contributed by atoms with Gasteiger partial charge in [0.25, 0.3) is 0 Å². The third-order valence-electron chi connectivity index (χ3n) is 3.94. The summed E-state index contributed by atoms with van der Waals surface area (Å²) < 4.78 is 5.26. The molecule has 3 heterocycles. The first kappa shape index (κ1) is 14.8. The second-order valence-electron chi connectivity index (χ2n) is 5.55. The summed E-state index contributed by atoms with van der Waals surface area (Å²) in [5, 5.41) is 1.94. The fourth-order valence-corrected chi connectivity index (χ4v) is 3.40. The van der Waals surface area contributed by atoms with Gasteiger partial charge in [-0.2, -0.15) is 0 Å². The first-order valence-corrected chi connectivity index (χ1v) is 8.55. The second-order valence-corrected chi connectivity index (χ2v) is 6.53. The lowest BCUT2D eigenvalue weighted by Gasteiger charge is -2.15. The number of thiophene rings is 1. The van der Waals surface area contributed by atoms with Crippen molar-refractivity contribution in [3.05, 3.63) is 57.9 Å². The fraction of sp³-hybridized carbons (Fsp3) is 0.167. The molecule has 0 atom stereocenters. The summed E-state index contributed by atoms with van der Waals surface area (Å²) in [6, 6.07) is 11.2. The maximum Gasteiger partial charge on any atom is 0.363 e. The van der Waals surface area contributed by atoms with Crippen LogP contribution in [0.4, 0.5) is 5.69 Å². The van der Waals surface area contributed by atoms with Gasteiger partial charge < -0.3 is 9.64 Å². The van der Waals surface area contributed by atoms with Crippen LogP contribution in [0.5, 0.6) is 0 Å². The van der Waals surface area contributed by atoms with Crippen molar-refractivity contribution in [2.45, 2.75) is 12.8 Å². The number of esters is 1. The number of hydrogen-bond acceptors (Lipinski definition) is 5. The third-order valence-corrected chi connectivity index (χ3v) is 4.76. The summed E-state index contributed by atoms with van der Waals surface area (Å²) in [6.07, 6.45) is 3.21. The van der Waals surface area contributed by atoms with Crippen molar-refractivity contribution < 1.29 is 14.3 Å². The average molecular weight is 338 g/mol. The van der Waals surface area contributed by atoms with E-state index in [1.165, 1.54) is 11.3 Å². The number of rotatable bonds is 3. The van der Waals surface area contributed by atoms with Gasteiger partial charge >= 0.3 is 5.97 Å². The Morgan fingerprint density at radius 1 is 1.17 bits per heavy atom. The molecule has 5 nitrogen and oxygen atoms in total. The lowest BCUT2D eigenvalue weighted by Crippen LogP contribution is -2.23. The molecular formula is C18H14N2O3S. The largest absolute Gasteiger partial charge is 0.402 e. The third kappa shape index (κ3) is 2.76. The summed E-state index contributed by atoms with van der Waals surface area (Å²) in [6.45, 7) is 0.752. The molecule has 0 unspecified atom stereocenters. The lowest BCUT2D eigenvalue weighted by atomic mass is 10.2. The first-order valence-electron chi connectivity index (χ1n) is 7.67. The van der Waals surface area contributed by atoms with Gasteiger partial charge in [0.05, 0.1) is 0 Å². The van der Waals surface area contributed by atoms with E-state index in [2.05, 4.69) is 4.99 Å². The van der Waals surface area contributed by atoms with Crippen LogP contribution in [0, 0.1) is 0 Å². The van der Waals surface area contributed by atoms with E-state index in [1.807, 2.05) is 41.8 Å².